The van der Waals surface area contributed by atoms with Crippen LogP contribution in [0, 0.1) is 0 Å². The van der Waals surface area contributed by atoms with Crippen molar-refractivity contribution in [2.75, 3.05) is 0 Å². The minimum atomic E-state index is -0.296. The number of halogens is 1. The fraction of sp³-hybridized carbons (Fsp3) is 0.364. The van der Waals surface area contributed by atoms with Crippen LogP contribution in [0.25, 0.3) is 0 Å². The van der Waals surface area contributed by atoms with Crippen LogP contribution >= 0.6 is 11.6 Å². The number of hydrogen-bond acceptors (Lipinski definition) is 2. The first-order chi connectivity index (χ1) is 6.50. The number of nitrogens with zero attached hydrogens (tertiary/aromatic N) is 1. The van der Waals surface area contributed by atoms with Gasteiger partial charge in [0.05, 0.1) is 5.54 Å². The average Bonchev–Trinajstić information content (AvgIpc) is 2.00. The second kappa shape index (κ2) is 2.99. The fourth-order valence-electron chi connectivity index (χ4n) is 1.81. The Kier molecular flexibility index (Phi) is 2.04. The summed E-state index contributed by atoms with van der Waals surface area (Å²) in [5, 5.41) is 0.712. The first kappa shape index (κ1) is 9.53. The summed E-state index contributed by atoms with van der Waals surface area (Å²) in [6, 6.07) is 5.67. The highest BCUT2D eigenvalue weighted by molar-refractivity contribution is 6.31. The fourth-order valence-corrected chi connectivity index (χ4v) is 2.21. The molecule has 0 aliphatic carbocycles. The monoisotopic (exact) mass is 209 g/mol. The maximum Gasteiger partial charge on any atom is 0.187 e. The Balaban J connectivity index is 2.66. The first-order valence-corrected chi connectivity index (χ1v) is 4.92. The van der Waals surface area contributed by atoms with E-state index in [4.69, 9.17) is 16.3 Å². The maximum absolute atomic E-state index is 6.13. The molecule has 0 N–H and O–H groups in total. The van der Waals surface area contributed by atoms with E-state index in [2.05, 4.69) is 4.99 Å². The molecule has 0 unspecified atom stereocenters. The van der Waals surface area contributed by atoms with E-state index in [1.165, 1.54) is 0 Å². The molecule has 2 nitrogen and oxygen atoms in total. The van der Waals surface area contributed by atoms with E-state index in [0.717, 1.165) is 11.3 Å². The topological polar surface area (TPSA) is 21.6 Å². The van der Waals surface area contributed by atoms with Gasteiger partial charge in [-0.15, -0.1) is 0 Å². The number of benzene rings is 1. The van der Waals surface area contributed by atoms with Crippen LogP contribution in [0.3, 0.4) is 0 Å². The SMILES string of the molecule is CC1=NC(C)(C)c2c(Cl)cccc2O1. The maximum atomic E-state index is 6.13. The molecule has 0 saturated carbocycles. The number of hydrogen-bond donors (Lipinski definition) is 0. The van der Waals surface area contributed by atoms with Crippen molar-refractivity contribution in [1.29, 1.82) is 0 Å². The molecule has 0 fully saturated rings. The molecule has 0 radical (unpaired) electrons. The highest BCUT2D eigenvalue weighted by Gasteiger charge is 2.30. The van der Waals surface area contributed by atoms with Crippen LogP contribution in [0.1, 0.15) is 26.3 Å². The summed E-state index contributed by atoms with van der Waals surface area (Å²) in [6.45, 7) is 5.92. The molecule has 0 saturated heterocycles. The summed E-state index contributed by atoms with van der Waals surface area (Å²) in [5.41, 5.74) is 0.669. The molecule has 0 aromatic heterocycles. The first-order valence-electron chi connectivity index (χ1n) is 4.54. The Morgan fingerprint density at radius 3 is 2.79 bits per heavy atom. The van der Waals surface area contributed by atoms with Gasteiger partial charge in [0.1, 0.15) is 5.75 Å². The van der Waals surface area contributed by atoms with Crippen molar-refractivity contribution in [3.63, 3.8) is 0 Å². The van der Waals surface area contributed by atoms with Crippen LogP contribution in [-0.2, 0) is 5.54 Å². The van der Waals surface area contributed by atoms with E-state index in [1.807, 2.05) is 39.0 Å². The predicted octanol–water partition coefficient (Wildman–Crippen LogP) is 3.39. The van der Waals surface area contributed by atoms with Crippen molar-refractivity contribution in [3.8, 4) is 5.75 Å². The van der Waals surface area contributed by atoms with Gasteiger partial charge in [-0.05, 0) is 26.0 Å². The largest absolute Gasteiger partial charge is 0.443 e. The summed E-state index contributed by atoms with van der Waals surface area (Å²) in [5.74, 6) is 1.50. The molecule has 0 spiro atoms. The number of fused-ring (bicyclic) bond motifs is 1. The highest BCUT2D eigenvalue weighted by Crippen LogP contribution is 2.40. The standard InChI is InChI=1S/C11H12ClNO/c1-7-13-11(2,3)10-8(12)5-4-6-9(10)14-7/h4-6H,1-3H3. The van der Waals surface area contributed by atoms with Crippen LogP contribution in [0.4, 0.5) is 0 Å². The molecule has 0 atom stereocenters. The van der Waals surface area contributed by atoms with Crippen LogP contribution in [0.15, 0.2) is 23.2 Å². The number of rotatable bonds is 0. The van der Waals surface area contributed by atoms with Gasteiger partial charge in [-0.25, -0.2) is 4.99 Å². The molecule has 2 rings (SSSR count). The lowest BCUT2D eigenvalue weighted by Gasteiger charge is -2.29. The zero-order valence-corrected chi connectivity index (χ0v) is 9.22. The molecular formula is C11H12ClNO. The molecule has 74 valence electrons. The van der Waals surface area contributed by atoms with Gasteiger partial charge in [0.2, 0.25) is 0 Å². The molecule has 0 bridgehead atoms. The Hall–Kier alpha value is -1.02. The normalized spacial score (nSPS) is 18.1. The van der Waals surface area contributed by atoms with Gasteiger partial charge < -0.3 is 4.74 Å². The molecule has 1 aromatic rings. The number of aliphatic imine (C=N–C) groups is 1. The highest BCUT2D eigenvalue weighted by atomic mass is 35.5. The van der Waals surface area contributed by atoms with Gasteiger partial charge in [-0.3, -0.25) is 0 Å². The minimum absolute atomic E-state index is 0.296. The zero-order valence-electron chi connectivity index (χ0n) is 8.47. The Bertz CT molecular complexity index is 410. The Morgan fingerprint density at radius 2 is 2.07 bits per heavy atom. The van der Waals surface area contributed by atoms with Crippen molar-refractivity contribution < 1.29 is 4.74 Å². The molecular weight excluding hydrogens is 198 g/mol. The predicted molar refractivity (Wildman–Crippen MR) is 58.2 cm³/mol. The van der Waals surface area contributed by atoms with Crippen LogP contribution in [-0.4, -0.2) is 5.90 Å². The average molecular weight is 210 g/mol. The van der Waals surface area contributed by atoms with Crippen molar-refractivity contribution in [2.24, 2.45) is 4.99 Å². The molecule has 14 heavy (non-hydrogen) atoms. The smallest absolute Gasteiger partial charge is 0.187 e. The number of ether oxygens (including phenoxy) is 1. The van der Waals surface area contributed by atoms with Crippen LogP contribution in [0.5, 0.6) is 5.75 Å². The Morgan fingerprint density at radius 1 is 1.36 bits per heavy atom. The Labute approximate surface area is 88.6 Å². The van der Waals surface area contributed by atoms with Crippen molar-refractivity contribution in [2.45, 2.75) is 26.3 Å². The van der Waals surface area contributed by atoms with Crippen molar-refractivity contribution in [1.82, 2.24) is 0 Å². The van der Waals surface area contributed by atoms with E-state index in [1.54, 1.807) is 0 Å². The second-order valence-corrected chi connectivity index (χ2v) is 4.31. The van der Waals surface area contributed by atoms with E-state index in [9.17, 15) is 0 Å². The lowest BCUT2D eigenvalue weighted by Crippen LogP contribution is -2.25. The van der Waals surface area contributed by atoms with Crippen LogP contribution < -0.4 is 4.74 Å². The molecule has 1 aliphatic heterocycles. The van der Waals surface area contributed by atoms with Crippen LogP contribution in [0.2, 0.25) is 5.02 Å². The molecule has 1 heterocycles. The summed E-state index contributed by atoms with van der Waals surface area (Å²) in [4.78, 5) is 4.43. The van der Waals surface area contributed by atoms with Crippen molar-refractivity contribution >= 4 is 17.5 Å². The van der Waals surface area contributed by atoms with Gasteiger partial charge >= 0.3 is 0 Å². The quantitative estimate of drug-likeness (QED) is 0.642. The van der Waals surface area contributed by atoms with Gasteiger partial charge in [0.25, 0.3) is 0 Å². The lowest BCUT2D eigenvalue weighted by molar-refractivity contribution is 0.437. The third-order valence-corrected chi connectivity index (χ3v) is 2.60. The van der Waals surface area contributed by atoms with Crippen molar-refractivity contribution in [3.05, 3.63) is 28.8 Å². The summed E-state index contributed by atoms with van der Waals surface area (Å²) in [6.07, 6.45) is 0. The molecule has 3 heteroatoms. The van der Waals surface area contributed by atoms with Gasteiger partial charge in [-0.1, -0.05) is 17.7 Å². The van der Waals surface area contributed by atoms with E-state index in [0.29, 0.717) is 10.9 Å². The van der Waals surface area contributed by atoms with Gasteiger partial charge in [0.15, 0.2) is 5.90 Å². The summed E-state index contributed by atoms with van der Waals surface area (Å²) >= 11 is 6.13. The zero-order chi connectivity index (χ0) is 10.3. The van der Waals surface area contributed by atoms with Gasteiger partial charge in [-0.2, -0.15) is 0 Å². The van der Waals surface area contributed by atoms with Gasteiger partial charge in [0, 0.05) is 17.5 Å². The second-order valence-electron chi connectivity index (χ2n) is 3.90. The molecule has 1 aliphatic rings. The molecule has 0 amide bonds. The van der Waals surface area contributed by atoms with E-state index < -0.39 is 0 Å². The van der Waals surface area contributed by atoms with E-state index >= 15 is 0 Å². The minimum Gasteiger partial charge on any atom is -0.443 e. The van der Waals surface area contributed by atoms with E-state index in [-0.39, 0.29) is 5.54 Å². The third-order valence-electron chi connectivity index (χ3n) is 2.28. The molecule has 1 aromatic carbocycles. The lowest BCUT2D eigenvalue weighted by atomic mass is 9.93. The summed E-state index contributed by atoms with van der Waals surface area (Å²) < 4.78 is 5.51. The third kappa shape index (κ3) is 1.40. The summed E-state index contributed by atoms with van der Waals surface area (Å²) in [7, 11) is 0.